The fraction of sp³-hybridized carbons (Fsp3) is 0.286. The first-order valence-electron chi connectivity index (χ1n) is 8.79. The molecule has 2 aromatic rings. The lowest BCUT2D eigenvalue weighted by molar-refractivity contribution is -0.134. The fourth-order valence-electron chi connectivity index (χ4n) is 3.21. The molecule has 3 N–H and O–H groups in total. The average Bonchev–Trinajstić information content (AvgIpc) is 3.07. The maximum absolute atomic E-state index is 14.4. The van der Waals surface area contributed by atoms with Crippen LogP contribution in [0.15, 0.2) is 48.5 Å². The van der Waals surface area contributed by atoms with Gasteiger partial charge in [-0.15, -0.1) is 0 Å². The Balaban J connectivity index is 2.04. The average molecular weight is 389 g/mol. The van der Waals surface area contributed by atoms with Crippen molar-refractivity contribution in [2.24, 2.45) is 11.7 Å². The van der Waals surface area contributed by atoms with E-state index in [9.17, 15) is 14.3 Å². The summed E-state index contributed by atoms with van der Waals surface area (Å²) in [7, 11) is 0. The fourth-order valence-corrected chi connectivity index (χ4v) is 3.38. The Labute approximate surface area is 163 Å². The number of phenolic OH excluding ortho intramolecular Hbond substituents is 1. The second-order valence-corrected chi connectivity index (χ2v) is 7.53. The summed E-state index contributed by atoms with van der Waals surface area (Å²) in [6, 6.07) is 9.93. The van der Waals surface area contributed by atoms with Gasteiger partial charge in [-0.05, 0) is 47.4 Å². The van der Waals surface area contributed by atoms with Crippen LogP contribution >= 0.6 is 11.6 Å². The van der Waals surface area contributed by atoms with Crippen molar-refractivity contribution >= 4 is 23.1 Å². The quantitative estimate of drug-likeness (QED) is 0.827. The molecule has 142 valence electrons. The molecule has 3 rings (SSSR count). The van der Waals surface area contributed by atoms with Gasteiger partial charge in [-0.3, -0.25) is 4.79 Å². The van der Waals surface area contributed by atoms with Crippen LogP contribution in [0.5, 0.6) is 5.75 Å². The van der Waals surface area contributed by atoms with Crippen molar-refractivity contribution in [3.8, 4) is 5.75 Å². The van der Waals surface area contributed by atoms with Crippen LogP contribution in [0.25, 0.3) is 5.57 Å². The number of rotatable bonds is 4. The minimum absolute atomic E-state index is 0.0331. The van der Waals surface area contributed by atoms with Gasteiger partial charge in [0.25, 0.3) is 0 Å². The molecular formula is C21H22ClFN2O2. The zero-order valence-electron chi connectivity index (χ0n) is 15.2. The van der Waals surface area contributed by atoms with Gasteiger partial charge in [0, 0.05) is 17.1 Å². The summed E-state index contributed by atoms with van der Waals surface area (Å²) in [5, 5.41) is 10.3. The number of hydrogen-bond acceptors (Lipinski definition) is 3. The first-order valence-corrected chi connectivity index (χ1v) is 9.17. The van der Waals surface area contributed by atoms with E-state index in [1.54, 1.807) is 29.2 Å². The topological polar surface area (TPSA) is 66.6 Å². The second kappa shape index (κ2) is 7.71. The van der Waals surface area contributed by atoms with Crippen LogP contribution in [0.1, 0.15) is 31.0 Å². The van der Waals surface area contributed by atoms with Gasteiger partial charge in [-0.25, -0.2) is 4.39 Å². The van der Waals surface area contributed by atoms with Crippen molar-refractivity contribution in [3.05, 3.63) is 70.5 Å². The Bertz CT molecular complexity index is 898. The maximum Gasteiger partial charge on any atom is 0.240 e. The van der Waals surface area contributed by atoms with E-state index in [0.29, 0.717) is 16.2 Å². The molecule has 1 heterocycles. The van der Waals surface area contributed by atoms with Gasteiger partial charge in [0.2, 0.25) is 5.91 Å². The van der Waals surface area contributed by atoms with E-state index in [2.05, 4.69) is 0 Å². The van der Waals surface area contributed by atoms with Crippen molar-refractivity contribution in [1.82, 2.24) is 4.90 Å². The molecule has 0 aliphatic carbocycles. The van der Waals surface area contributed by atoms with Crippen molar-refractivity contribution < 1.29 is 14.3 Å². The van der Waals surface area contributed by atoms with Gasteiger partial charge >= 0.3 is 0 Å². The molecule has 0 radical (unpaired) electrons. The number of carbonyl (C=O) groups is 1. The van der Waals surface area contributed by atoms with Gasteiger partial charge in [0.1, 0.15) is 11.6 Å². The molecule has 2 atom stereocenters. The first-order chi connectivity index (χ1) is 12.8. The van der Waals surface area contributed by atoms with Crippen LogP contribution < -0.4 is 5.73 Å². The van der Waals surface area contributed by atoms with Crippen LogP contribution in [0.3, 0.4) is 0 Å². The zero-order chi connectivity index (χ0) is 19.7. The summed E-state index contributed by atoms with van der Waals surface area (Å²) in [6.07, 6.45) is 1.83. The van der Waals surface area contributed by atoms with Crippen LogP contribution in [0.4, 0.5) is 4.39 Å². The maximum atomic E-state index is 14.4. The number of carbonyl (C=O) groups excluding carboxylic acids is 1. The molecule has 1 aliphatic heterocycles. The molecule has 4 nitrogen and oxygen atoms in total. The van der Waals surface area contributed by atoms with Crippen molar-refractivity contribution in [2.45, 2.75) is 25.9 Å². The van der Waals surface area contributed by atoms with Gasteiger partial charge in [-0.2, -0.15) is 0 Å². The highest BCUT2D eigenvalue weighted by Crippen LogP contribution is 2.37. The highest BCUT2D eigenvalue weighted by molar-refractivity contribution is 6.30. The first kappa shape index (κ1) is 19.4. The lowest BCUT2D eigenvalue weighted by atomic mass is 10.0. The normalized spacial score (nSPS) is 17.9. The standard InChI is InChI=1S/C21H22ClFN2O2/c1-12(2)20(24)21(27)25-11-14(17-10-15(22)6-7-18(17)23)9-19(25)13-4-3-5-16(26)8-13/h3-10,12,19-20,26H,11,24H2,1-2H3/t19-,20+/m0/s1. The minimum atomic E-state index is -0.665. The number of aromatic hydroxyl groups is 1. The van der Waals surface area contributed by atoms with Gasteiger partial charge < -0.3 is 15.7 Å². The highest BCUT2D eigenvalue weighted by atomic mass is 35.5. The summed E-state index contributed by atoms with van der Waals surface area (Å²) in [5.41, 5.74) is 7.84. The molecule has 0 saturated heterocycles. The number of nitrogens with zero attached hydrogens (tertiary/aromatic N) is 1. The van der Waals surface area contributed by atoms with Crippen LogP contribution in [0, 0.1) is 11.7 Å². The monoisotopic (exact) mass is 388 g/mol. The van der Waals surface area contributed by atoms with Crippen LogP contribution in [-0.4, -0.2) is 28.5 Å². The molecule has 2 aromatic carbocycles. The van der Waals surface area contributed by atoms with E-state index in [0.717, 1.165) is 5.56 Å². The van der Waals surface area contributed by atoms with Crippen molar-refractivity contribution in [3.63, 3.8) is 0 Å². The molecule has 1 aliphatic rings. The lowest BCUT2D eigenvalue weighted by Crippen LogP contribution is -2.46. The Morgan fingerprint density at radius 1 is 1.30 bits per heavy atom. The van der Waals surface area contributed by atoms with E-state index in [-0.39, 0.29) is 24.1 Å². The molecule has 0 spiro atoms. The predicted octanol–water partition coefficient (Wildman–Crippen LogP) is 4.13. The third-order valence-corrected chi connectivity index (χ3v) is 5.04. The van der Waals surface area contributed by atoms with E-state index in [1.807, 2.05) is 26.0 Å². The van der Waals surface area contributed by atoms with Gasteiger partial charge in [-0.1, -0.05) is 43.7 Å². The molecule has 6 heteroatoms. The Kier molecular flexibility index (Phi) is 5.53. The van der Waals surface area contributed by atoms with Crippen molar-refractivity contribution in [2.75, 3.05) is 6.54 Å². The summed E-state index contributed by atoms with van der Waals surface area (Å²) < 4.78 is 14.4. The smallest absolute Gasteiger partial charge is 0.240 e. The number of halogens is 2. The van der Waals surface area contributed by atoms with Gasteiger partial charge in [0.15, 0.2) is 0 Å². The highest BCUT2D eigenvalue weighted by Gasteiger charge is 2.35. The number of nitrogens with two attached hydrogens (primary N) is 1. The molecule has 0 aromatic heterocycles. The lowest BCUT2D eigenvalue weighted by Gasteiger charge is -2.29. The molecule has 27 heavy (non-hydrogen) atoms. The molecule has 0 bridgehead atoms. The van der Waals surface area contributed by atoms with Crippen LogP contribution in [0.2, 0.25) is 5.02 Å². The predicted molar refractivity (Wildman–Crippen MR) is 105 cm³/mol. The summed E-state index contributed by atoms with van der Waals surface area (Å²) >= 11 is 6.03. The molecular weight excluding hydrogens is 367 g/mol. The van der Waals surface area contributed by atoms with E-state index >= 15 is 0 Å². The SMILES string of the molecule is CC(C)[C@@H](N)C(=O)N1CC(c2cc(Cl)ccc2F)=C[C@H]1c1cccc(O)c1. The Hall–Kier alpha value is -2.37. The Morgan fingerprint density at radius 3 is 2.70 bits per heavy atom. The third kappa shape index (κ3) is 3.99. The number of phenols is 1. The van der Waals surface area contributed by atoms with Crippen LogP contribution in [-0.2, 0) is 4.79 Å². The zero-order valence-corrected chi connectivity index (χ0v) is 15.9. The summed E-state index contributed by atoms with van der Waals surface area (Å²) in [4.78, 5) is 14.6. The van der Waals surface area contributed by atoms with Crippen molar-refractivity contribution in [1.29, 1.82) is 0 Å². The molecule has 0 unspecified atom stereocenters. The molecule has 0 saturated carbocycles. The van der Waals surface area contributed by atoms with E-state index in [1.165, 1.54) is 12.1 Å². The summed E-state index contributed by atoms with van der Waals surface area (Å²) in [6.45, 7) is 3.98. The summed E-state index contributed by atoms with van der Waals surface area (Å²) in [5.74, 6) is -0.548. The third-order valence-electron chi connectivity index (χ3n) is 4.81. The number of amides is 1. The van der Waals surface area contributed by atoms with E-state index in [4.69, 9.17) is 17.3 Å². The van der Waals surface area contributed by atoms with E-state index < -0.39 is 17.9 Å². The minimum Gasteiger partial charge on any atom is -0.508 e. The molecule has 0 fully saturated rings. The number of hydrogen-bond donors (Lipinski definition) is 2. The van der Waals surface area contributed by atoms with Gasteiger partial charge in [0.05, 0.1) is 12.1 Å². The Morgan fingerprint density at radius 2 is 2.04 bits per heavy atom. The second-order valence-electron chi connectivity index (χ2n) is 7.09. The number of benzene rings is 2. The largest absolute Gasteiger partial charge is 0.508 e. The molecule has 1 amide bonds.